The lowest BCUT2D eigenvalue weighted by molar-refractivity contribution is 0.323. The summed E-state index contributed by atoms with van der Waals surface area (Å²) in [6.45, 7) is 0. The van der Waals surface area contributed by atoms with Crippen LogP contribution in [-0.2, 0) is 6.42 Å². The molecule has 4 heteroatoms. The van der Waals surface area contributed by atoms with Gasteiger partial charge < -0.3 is 19.5 Å². The molecule has 0 saturated heterocycles. The van der Waals surface area contributed by atoms with E-state index in [-0.39, 0.29) is 6.04 Å². The second kappa shape index (κ2) is 7.71. The van der Waals surface area contributed by atoms with E-state index in [1.54, 1.807) is 21.3 Å². The first kappa shape index (κ1) is 16.2. The minimum absolute atomic E-state index is 0.163. The van der Waals surface area contributed by atoms with Crippen LogP contribution in [0.2, 0.25) is 0 Å². The smallest absolute Gasteiger partial charge is 0.203 e. The Labute approximate surface area is 132 Å². The molecule has 1 atom stereocenters. The minimum atomic E-state index is 0.163. The maximum atomic E-state index is 5.43. The summed E-state index contributed by atoms with van der Waals surface area (Å²) in [5, 5.41) is 3.36. The van der Waals surface area contributed by atoms with Gasteiger partial charge in [-0.25, -0.2) is 0 Å². The highest BCUT2D eigenvalue weighted by Crippen LogP contribution is 2.40. The van der Waals surface area contributed by atoms with E-state index in [2.05, 4.69) is 29.6 Å². The van der Waals surface area contributed by atoms with Crippen molar-refractivity contribution in [3.8, 4) is 17.2 Å². The van der Waals surface area contributed by atoms with Gasteiger partial charge in [-0.05, 0) is 36.7 Å². The van der Waals surface area contributed by atoms with E-state index in [4.69, 9.17) is 14.2 Å². The third kappa shape index (κ3) is 3.52. The Morgan fingerprint density at radius 1 is 0.909 bits per heavy atom. The van der Waals surface area contributed by atoms with Crippen LogP contribution in [0.3, 0.4) is 0 Å². The Hall–Kier alpha value is -2.20. The molecule has 118 valence electrons. The third-order valence-electron chi connectivity index (χ3n) is 3.72. The Balaban J connectivity index is 2.36. The van der Waals surface area contributed by atoms with Crippen molar-refractivity contribution in [2.24, 2.45) is 0 Å². The van der Waals surface area contributed by atoms with Gasteiger partial charge in [-0.1, -0.05) is 30.3 Å². The molecule has 0 aliphatic heterocycles. The molecule has 0 heterocycles. The maximum Gasteiger partial charge on any atom is 0.203 e. The molecule has 1 N–H and O–H groups in total. The van der Waals surface area contributed by atoms with Gasteiger partial charge >= 0.3 is 0 Å². The van der Waals surface area contributed by atoms with Crippen LogP contribution in [0.4, 0.5) is 0 Å². The van der Waals surface area contributed by atoms with Gasteiger partial charge in [0.15, 0.2) is 11.5 Å². The molecule has 2 rings (SSSR count). The van der Waals surface area contributed by atoms with Crippen LogP contribution in [0.25, 0.3) is 0 Å². The molecule has 2 aromatic rings. The lowest BCUT2D eigenvalue weighted by atomic mass is 9.98. The fourth-order valence-corrected chi connectivity index (χ4v) is 2.54. The number of hydrogen-bond donors (Lipinski definition) is 1. The van der Waals surface area contributed by atoms with Crippen LogP contribution in [-0.4, -0.2) is 28.4 Å². The largest absolute Gasteiger partial charge is 0.493 e. The first-order chi connectivity index (χ1) is 10.7. The molecule has 0 radical (unpaired) electrons. The number of methoxy groups -OCH3 is 3. The van der Waals surface area contributed by atoms with E-state index in [9.17, 15) is 0 Å². The molecule has 0 unspecified atom stereocenters. The number of benzene rings is 2. The number of rotatable bonds is 7. The van der Waals surface area contributed by atoms with E-state index in [0.717, 1.165) is 12.0 Å². The van der Waals surface area contributed by atoms with Gasteiger partial charge in [0.05, 0.1) is 21.3 Å². The third-order valence-corrected chi connectivity index (χ3v) is 3.72. The molecule has 0 bridgehead atoms. The monoisotopic (exact) mass is 301 g/mol. The molecule has 0 aliphatic carbocycles. The topological polar surface area (TPSA) is 39.7 Å². The fraction of sp³-hybridized carbons (Fsp3) is 0.333. The Bertz CT molecular complexity index is 574. The van der Waals surface area contributed by atoms with Gasteiger partial charge in [0.25, 0.3) is 0 Å². The zero-order valence-electron chi connectivity index (χ0n) is 13.6. The van der Waals surface area contributed by atoms with Crippen LogP contribution in [0.15, 0.2) is 42.5 Å². The molecular weight excluding hydrogens is 278 g/mol. The summed E-state index contributed by atoms with van der Waals surface area (Å²) in [5.74, 6) is 1.96. The van der Waals surface area contributed by atoms with Crippen LogP contribution in [0, 0.1) is 0 Å². The van der Waals surface area contributed by atoms with Crippen LogP contribution in [0.5, 0.6) is 17.2 Å². The number of nitrogens with one attached hydrogen (secondary N) is 1. The number of hydrogen-bond acceptors (Lipinski definition) is 4. The molecule has 4 nitrogen and oxygen atoms in total. The van der Waals surface area contributed by atoms with E-state index in [1.165, 1.54) is 5.56 Å². The van der Waals surface area contributed by atoms with Crippen LogP contribution >= 0.6 is 0 Å². The normalized spacial score (nSPS) is 11.8. The summed E-state index contributed by atoms with van der Waals surface area (Å²) >= 11 is 0. The first-order valence-corrected chi connectivity index (χ1v) is 7.24. The highest BCUT2D eigenvalue weighted by Gasteiger charge is 2.18. The Morgan fingerprint density at radius 3 is 1.95 bits per heavy atom. The lowest BCUT2D eigenvalue weighted by Gasteiger charge is -2.20. The zero-order chi connectivity index (χ0) is 15.9. The van der Waals surface area contributed by atoms with Crippen molar-refractivity contribution >= 4 is 0 Å². The van der Waals surface area contributed by atoms with E-state index in [0.29, 0.717) is 17.2 Å². The molecule has 0 spiro atoms. The van der Waals surface area contributed by atoms with Crippen molar-refractivity contribution in [2.45, 2.75) is 12.5 Å². The van der Waals surface area contributed by atoms with Crippen molar-refractivity contribution in [3.05, 3.63) is 53.6 Å². The zero-order valence-corrected chi connectivity index (χ0v) is 13.6. The second-order valence-electron chi connectivity index (χ2n) is 4.99. The predicted molar refractivity (Wildman–Crippen MR) is 88.0 cm³/mol. The van der Waals surface area contributed by atoms with Crippen molar-refractivity contribution in [1.82, 2.24) is 5.32 Å². The second-order valence-corrected chi connectivity index (χ2v) is 4.99. The van der Waals surface area contributed by atoms with Gasteiger partial charge in [0.2, 0.25) is 5.75 Å². The molecule has 0 amide bonds. The van der Waals surface area contributed by atoms with Crippen LogP contribution in [0.1, 0.15) is 17.2 Å². The molecule has 0 saturated carbocycles. The van der Waals surface area contributed by atoms with Crippen molar-refractivity contribution in [2.75, 3.05) is 28.4 Å². The van der Waals surface area contributed by atoms with Gasteiger partial charge in [-0.3, -0.25) is 0 Å². The summed E-state index contributed by atoms with van der Waals surface area (Å²) < 4.78 is 16.2. The van der Waals surface area contributed by atoms with E-state index >= 15 is 0 Å². The first-order valence-electron chi connectivity index (χ1n) is 7.24. The summed E-state index contributed by atoms with van der Waals surface area (Å²) in [5.41, 5.74) is 2.37. The van der Waals surface area contributed by atoms with Crippen molar-refractivity contribution in [1.29, 1.82) is 0 Å². The molecule has 0 aromatic heterocycles. The standard InChI is InChI=1S/C18H23NO3/c1-19-15(10-13-8-6-5-7-9-13)14-11-16(20-2)18(22-4)17(12-14)21-3/h5-9,11-12,15,19H,10H2,1-4H3/t15-/m0/s1. The number of likely N-dealkylation sites (N-methyl/N-ethyl adjacent to an activating group) is 1. The molecule has 2 aromatic carbocycles. The fourth-order valence-electron chi connectivity index (χ4n) is 2.54. The Morgan fingerprint density at radius 2 is 1.50 bits per heavy atom. The van der Waals surface area contributed by atoms with Gasteiger partial charge in [0, 0.05) is 6.04 Å². The summed E-state index contributed by atoms with van der Waals surface area (Å²) in [6.07, 6.45) is 0.885. The maximum absolute atomic E-state index is 5.43. The molecular formula is C18H23NO3. The van der Waals surface area contributed by atoms with E-state index in [1.807, 2.05) is 25.2 Å². The van der Waals surface area contributed by atoms with Crippen LogP contribution < -0.4 is 19.5 Å². The Kier molecular flexibility index (Phi) is 5.67. The SMILES string of the molecule is CN[C@@H](Cc1ccccc1)c1cc(OC)c(OC)c(OC)c1. The summed E-state index contributed by atoms with van der Waals surface area (Å²) in [7, 11) is 6.83. The number of ether oxygens (including phenoxy) is 3. The highest BCUT2D eigenvalue weighted by molar-refractivity contribution is 5.54. The molecule has 0 aliphatic rings. The minimum Gasteiger partial charge on any atom is -0.493 e. The molecule has 0 fully saturated rings. The van der Waals surface area contributed by atoms with Crippen molar-refractivity contribution < 1.29 is 14.2 Å². The van der Waals surface area contributed by atoms with Gasteiger partial charge in [0.1, 0.15) is 0 Å². The lowest BCUT2D eigenvalue weighted by Crippen LogP contribution is -2.19. The van der Waals surface area contributed by atoms with E-state index < -0.39 is 0 Å². The average molecular weight is 301 g/mol. The van der Waals surface area contributed by atoms with Gasteiger partial charge in [-0.15, -0.1) is 0 Å². The highest BCUT2D eigenvalue weighted by atomic mass is 16.5. The average Bonchev–Trinajstić information content (AvgIpc) is 2.59. The molecule has 22 heavy (non-hydrogen) atoms. The summed E-state index contributed by atoms with van der Waals surface area (Å²) in [6, 6.07) is 14.5. The predicted octanol–water partition coefficient (Wildman–Crippen LogP) is 3.22. The van der Waals surface area contributed by atoms with Crippen molar-refractivity contribution in [3.63, 3.8) is 0 Å². The summed E-state index contributed by atoms with van der Waals surface area (Å²) in [4.78, 5) is 0. The quantitative estimate of drug-likeness (QED) is 0.852. The van der Waals surface area contributed by atoms with Gasteiger partial charge in [-0.2, -0.15) is 0 Å².